The molecule has 0 heterocycles. The highest BCUT2D eigenvalue weighted by molar-refractivity contribution is 8.47. The van der Waals surface area contributed by atoms with Crippen LogP contribution in [0.1, 0.15) is 20.3 Å². The first kappa shape index (κ1) is 12.3. The summed E-state index contributed by atoms with van der Waals surface area (Å²) in [6.45, 7) is 3.85. The fourth-order valence-electron chi connectivity index (χ4n) is 0.576. The molecule has 1 N–H and O–H groups in total. The number of thioether (sulfide) groups is 2. The van der Waals surface area contributed by atoms with Gasteiger partial charge in [-0.05, 0) is 12.2 Å². The second kappa shape index (κ2) is 6.74. The van der Waals surface area contributed by atoms with Crippen molar-refractivity contribution in [1.82, 2.24) is 0 Å². The molecule has 0 amide bonds. The summed E-state index contributed by atoms with van der Waals surface area (Å²) in [6.07, 6.45) is 0.615. The third-order valence-electron chi connectivity index (χ3n) is 1.15. The molecule has 0 saturated heterocycles. The van der Waals surface area contributed by atoms with Crippen LogP contribution in [-0.4, -0.2) is 25.6 Å². The number of hydrogen-bond acceptors (Lipinski definition) is 4. The van der Waals surface area contributed by atoms with E-state index in [1.807, 2.05) is 13.8 Å². The molecule has 0 aromatic carbocycles. The molecule has 1 atom stereocenters. The molecule has 2 nitrogen and oxygen atoms in total. The summed E-state index contributed by atoms with van der Waals surface area (Å²) < 4.78 is 0.728. The average Bonchev–Trinajstić information content (AvgIpc) is 2.00. The van der Waals surface area contributed by atoms with Gasteiger partial charge in [0.05, 0.1) is 0 Å². The maximum atomic E-state index is 10.6. The molecule has 0 fully saturated rings. The smallest absolute Gasteiger partial charge is 0.317 e. The van der Waals surface area contributed by atoms with Gasteiger partial charge in [-0.1, -0.05) is 37.8 Å². The van der Waals surface area contributed by atoms with E-state index in [-0.39, 0.29) is 5.25 Å². The molecule has 0 bridgehead atoms. The molecule has 0 aromatic heterocycles. The number of carbonyl (C=O) groups is 1. The van der Waals surface area contributed by atoms with Crippen LogP contribution in [0.5, 0.6) is 0 Å². The van der Waals surface area contributed by atoms with Gasteiger partial charge in [-0.3, -0.25) is 4.79 Å². The maximum absolute atomic E-state index is 10.6. The molecule has 0 spiro atoms. The molecule has 70 valence electrons. The Morgan fingerprint density at radius 1 is 1.58 bits per heavy atom. The summed E-state index contributed by atoms with van der Waals surface area (Å²) >= 11 is 7.77. The van der Waals surface area contributed by atoms with Gasteiger partial charge in [0.2, 0.25) is 0 Å². The predicted molar refractivity (Wildman–Crippen MR) is 60.0 cm³/mol. The molecule has 12 heavy (non-hydrogen) atoms. The summed E-state index contributed by atoms with van der Waals surface area (Å²) in [6, 6.07) is 0. The van der Waals surface area contributed by atoms with E-state index in [4.69, 9.17) is 17.3 Å². The Hall–Kier alpha value is 0.260. The largest absolute Gasteiger partial charge is 0.480 e. The highest BCUT2D eigenvalue weighted by Crippen LogP contribution is 2.23. The zero-order valence-electron chi connectivity index (χ0n) is 7.07. The highest BCUT2D eigenvalue weighted by atomic mass is 32.2. The van der Waals surface area contributed by atoms with Gasteiger partial charge in [-0.15, -0.1) is 11.8 Å². The molecule has 0 aromatic rings. The first-order valence-electron chi connectivity index (χ1n) is 3.68. The zero-order chi connectivity index (χ0) is 9.56. The lowest BCUT2D eigenvalue weighted by Gasteiger charge is -2.08. The Balaban J connectivity index is 3.85. The van der Waals surface area contributed by atoms with Crippen LogP contribution in [0, 0.1) is 0 Å². The summed E-state index contributed by atoms with van der Waals surface area (Å²) in [5, 5.41) is 8.32. The van der Waals surface area contributed by atoms with Crippen LogP contribution >= 0.6 is 35.7 Å². The lowest BCUT2D eigenvalue weighted by molar-refractivity contribution is -0.136. The molecule has 0 aliphatic rings. The van der Waals surface area contributed by atoms with Crippen molar-refractivity contribution in [1.29, 1.82) is 0 Å². The van der Waals surface area contributed by atoms with E-state index in [0.717, 1.165) is 9.28 Å². The molecule has 0 saturated carbocycles. The second-order valence-corrected chi connectivity index (χ2v) is 5.71. The molecular weight excluding hydrogens is 212 g/mol. The summed E-state index contributed by atoms with van der Waals surface area (Å²) in [7, 11) is 0. The van der Waals surface area contributed by atoms with Gasteiger partial charge in [0.25, 0.3) is 0 Å². The van der Waals surface area contributed by atoms with E-state index in [1.54, 1.807) is 0 Å². The summed E-state index contributed by atoms with van der Waals surface area (Å²) in [5.41, 5.74) is 0. The van der Waals surface area contributed by atoms with Crippen molar-refractivity contribution >= 4 is 45.2 Å². The lowest BCUT2D eigenvalue weighted by Crippen LogP contribution is -2.16. The van der Waals surface area contributed by atoms with Crippen LogP contribution in [0.15, 0.2) is 0 Å². The molecule has 5 heteroatoms. The van der Waals surface area contributed by atoms with Crippen molar-refractivity contribution in [3.05, 3.63) is 0 Å². The average molecular weight is 224 g/mol. The monoisotopic (exact) mass is 224 g/mol. The van der Waals surface area contributed by atoms with E-state index in [0.29, 0.717) is 6.42 Å². The normalized spacial score (nSPS) is 12.5. The fourth-order valence-corrected chi connectivity index (χ4v) is 2.99. The van der Waals surface area contributed by atoms with Crippen molar-refractivity contribution in [2.75, 3.05) is 5.75 Å². The first-order chi connectivity index (χ1) is 5.61. The van der Waals surface area contributed by atoms with Crippen molar-refractivity contribution in [2.45, 2.75) is 25.5 Å². The Kier molecular flexibility index (Phi) is 6.89. The summed E-state index contributed by atoms with van der Waals surface area (Å²) in [5.74, 6) is 0.128. The minimum Gasteiger partial charge on any atom is -0.480 e. The van der Waals surface area contributed by atoms with Crippen LogP contribution < -0.4 is 0 Å². The Bertz CT molecular complexity index is 170. The van der Waals surface area contributed by atoms with Gasteiger partial charge >= 0.3 is 5.97 Å². The van der Waals surface area contributed by atoms with Gasteiger partial charge in [0, 0.05) is 0 Å². The lowest BCUT2D eigenvalue weighted by atomic mass is 10.3. The number of rotatable bonds is 4. The van der Waals surface area contributed by atoms with Crippen molar-refractivity contribution in [2.24, 2.45) is 0 Å². The van der Waals surface area contributed by atoms with Gasteiger partial charge in [-0.2, -0.15) is 0 Å². The van der Waals surface area contributed by atoms with Crippen LogP contribution in [0.3, 0.4) is 0 Å². The van der Waals surface area contributed by atoms with Gasteiger partial charge in [0.15, 0.2) is 0 Å². The maximum Gasteiger partial charge on any atom is 0.317 e. The number of thiocarbonyl (C=S) groups is 1. The van der Waals surface area contributed by atoms with Crippen molar-refractivity contribution in [3.8, 4) is 0 Å². The van der Waals surface area contributed by atoms with Gasteiger partial charge in [-0.25, -0.2) is 0 Å². The first-order valence-corrected chi connectivity index (χ1v) is 5.95. The third-order valence-corrected chi connectivity index (χ3v) is 3.97. The van der Waals surface area contributed by atoms with Gasteiger partial charge in [0.1, 0.15) is 8.78 Å². The molecule has 1 unspecified atom stereocenters. The van der Waals surface area contributed by atoms with Crippen LogP contribution in [0.4, 0.5) is 0 Å². The molecule has 0 aliphatic carbocycles. The van der Waals surface area contributed by atoms with Crippen molar-refractivity contribution < 1.29 is 9.90 Å². The Morgan fingerprint density at radius 2 is 2.17 bits per heavy atom. The SMILES string of the molecule is CCSC(=S)SC(CC)C(=O)O. The Labute approximate surface area is 86.5 Å². The van der Waals surface area contributed by atoms with Crippen LogP contribution in [0.2, 0.25) is 0 Å². The third kappa shape index (κ3) is 5.00. The minimum absolute atomic E-state index is 0.378. The van der Waals surface area contributed by atoms with E-state index in [2.05, 4.69) is 0 Å². The molecular formula is C7H12O2S3. The minimum atomic E-state index is -0.776. The standard InChI is InChI=1S/C7H12O2S3/c1-3-5(6(8)9)12-7(10)11-4-2/h5H,3-4H2,1-2H3,(H,8,9). The number of aliphatic carboxylic acids is 1. The van der Waals surface area contributed by atoms with E-state index < -0.39 is 5.97 Å². The molecule has 0 aliphatic heterocycles. The van der Waals surface area contributed by atoms with Crippen molar-refractivity contribution in [3.63, 3.8) is 0 Å². The quantitative estimate of drug-likeness (QED) is 0.743. The zero-order valence-corrected chi connectivity index (χ0v) is 9.52. The highest BCUT2D eigenvalue weighted by Gasteiger charge is 2.17. The Morgan fingerprint density at radius 3 is 2.50 bits per heavy atom. The van der Waals surface area contributed by atoms with Crippen LogP contribution in [0.25, 0.3) is 0 Å². The number of hydrogen-bond donors (Lipinski definition) is 1. The molecule has 0 radical (unpaired) electrons. The summed E-state index contributed by atoms with van der Waals surface area (Å²) in [4.78, 5) is 10.6. The predicted octanol–water partition coefficient (Wildman–Crippen LogP) is 2.62. The van der Waals surface area contributed by atoms with E-state index >= 15 is 0 Å². The number of carboxylic acids is 1. The fraction of sp³-hybridized carbons (Fsp3) is 0.714. The van der Waals surface area contributed by atoms with E-state index in [9.17, 15) is 4.79 Å². The van der Waals surface area contributed by atoms with Gasteiger partial charge < -0.3 is 5.11 Å². The topological polar surface area (TPSA) is 37.3 Å². The van der Waals surface area contributed by atoms with E-state index in [1.165, 1.54) is 23.5 Å². The number of carboxylic acid groups (broad SMARTS) is 1. The molecule has 0 rings (SSSR count). The van der Waals surface area contributed by atoms with Crippen LogP contribution in [-0.2, 0) is 4.79 Å². The second-order valence-electron chi connectivity index (χ2n) is 2.04.